The Kier molecular flexibility index (Phi) is 6.94. The number of carbonyl (C=O) groups excluding carboxylic acids is 3. The highest BCUT2D eigenvalue weighted by atomic mass is 16.3. The van der Waals surface area contributed by atoms with Crippen LogP contribution in [0.5, 0.6) is 5.75 Å². The number of benzene rings is 2. The van der Waals surface area contributed by atoms with Crippen molar-refractivity contribution < 1.29 is 29.7 Å². The van der Waals surface area contributed by atoms with Crippen LogP contribution in [-0.2, 0) is 20.8 Å². The standard InChI is InChI=1S/C37H40O6/c1-10-22-11-13-23(14-12-22)25-15-24(18(2)3)26-16-35(8)17-36(9)29(19(4)5)20(6)27(21(7)38)33(41)37(36,43)34(42)30(35)32(40)28(26)31(25)39/h1,11-15,18-19,29,39-40,43H,16-17H2,2-9H3/t29-,35+,36+,37-/m1/s1. The third-order valence-corrected chi connectivity index (χ3v) is 10.3. The molecule has 3 aliphatic rings. The van der Waals surface area contributed by atoms with E-state index in [9.17, 15) is 29.7 Å². The average Bonchev–Trinajstić information content (AvgIpc) is 2.90. The number of rotatable bonds is 4. The van der Waals surface area contributed by atoms with Gasteiger partial charge >= 0.3 is 0 Å². The van der Waals surface area contributed by atoms with Gasteiger partial charge in [0.15, 0.2) is 11.4 Å². The molecule has 0 heterocycles. The first-order valence-electron chi connectivity index (χ1n) is 14.9. The number of aromatic hydroxyl groups is 1. The largest absolute Gasteiger partial charge is 0.507 e. The minimum atomic E-state index is -2.55. The molecule has 3 N–H and O–H groups in total. The van der Waals surface area contributed by atoms with E-state index in [2.05, 4.69) is 5.92 Å². The van der Waals surface area contributed by atoms with Crippen LogP contribution in [0.3, 0.4) is 0 Å². The number of hydrogen-bond acceptors (Lipinski definition) is 6. The second kappa shape index (κ2) is 9.79. The molecule has 0 amide bonds. The van der Waals surface area contributed by atoms with Crippen LogP contribution in [-0.4, -0.2) is 38.3 Å². The Labute approximate surface area is 253 Å². The molecule has 224 valence electrons. The van der Waals surface area contributed by atoms with E-state index in [1.165, 1.54) is 6.92 Å². The molecule has 43 heavy (non-hydrogen) atoms. The van der Waals surface area contributed by atoms with Gasteiger partial charge in [-0.2, -0.15) is 0 Å². The molecule has 5 rings (SSSR count). The van der Waals surface area contributed by atoms with Crippen LogP contribution in [0.4, 0.5) is 0 Å². The number of terminal acetylenes is 1. The first-order chi connectivity index (χ1) is 20.0. The van der Waals surface area contributed by atoms with E-state index in [1.807, 2.05) is 40.7 Å². The van der Waals surface area contributed by atoms with Crippen molar-refractivity contribution in [2.75, 3.05) is 0 Å². The van der Waals surface area contributed by atoms with Gasteiger partial charge in [0.1, 0.15) is 11.5 Å². The van der Waals surface area contributed by atoms with Crippen molar-refractivity contribution in [3.63, 3.8) is 0 Å². The number of aliphatic hydroxyl groups is 2. The molecule has 0 aliphatic heterocycles. The highest BCUT2D eigenvalue weighted by Crippen LogP contribution is 2.65. The van der Waals surface area contributed by atoms with E-state index in [4.69, 9.17) is 6.42 Å². The Morgan fingerprint density at radius 1 is 1.05 bits per heavy atom. The lowest BCUT2D eigenvalue weighted by Crippen LogP contribution is -2.70. The van der Waals surface area contributed by atoms with Gasteiger partial charge in [-0.25, -0.2) is 0 Å². The molecule has 2 aromatic carbocycles. The SMILES string of the molecule is C#Cc1ccc(-c2cc(C(C)C)c3c(c2O)C(O)=C2C(=O)[C@]4(O)C(=O)C(C(C)=O)=C(C)[C@@H](C(C)C)[C@]4(C)C[C@]2(C)C3)cc1. The van der Waals surface area contributed by atoms with Crippen molar-refractivity contribution in [3.8, 4) is 29.2 Å². The lowest BCUT2D eigenvalue weighted by atomic mass is 9.42. The molecule has 6 heteroatoms. The van der Waals surface area contributed by atoms with E-state index in [0.717, 1.165) is 11.1 Å². The summed E-state index contributed by atoms with van der Waals surface area (Å²) in [6.45, 7) is 14.7. The lowest BCUT2D eigenvalue weighted by Gasteiger charge is -2.60. The Morgan fingerprint density at radius 3 is 2.16 bits per heavy atom. The monoisotopic (exact) mass is 580 g/mol. The van der Waals surface area contributed by atoms with Gasteiger partial charge in [-0.05, 0) is 79.3 Å². The number of fused-ring (bicyclic) bond motifs is 3. The van der Waals surface area contributed by atoms with Crippen molar-refractivity contribution in [1.29, 1.82) is 0 Å². The van der Waals surface area contributed by atoms with Crippen LogP contribution in [0.2, 0.25) is 0 Å². The molecule has 1 saturated carbocycles. The summed E-state index contributed by atoms with van der Waals surface area (Å²) in [4.78, 5) is 41.4. The zero-order valence-corrected chi connectivity index (χ0v) is 26.2. The quantitative estimate of drug-likeness (QED) is 0.217. The molecule has 2 aromatic rings. The number of aliphatic hydroxyl groups excluding tert-OH is 1. The van der Waals surface area contributed by atoms with E-state index in [0.29, 0.717) is 28.7 Å². The van der Waals surface area contributed by atoms with Gasteiger partial charge in [-0.1, -0.05) is 65.2 Å². The number of phenols is 1. The molecule has 1 fully saturated rings. The molecule has 0 aromatic heterocycles. The van der Waals surface area contributed by atoms with Crippen molar-refractivity contribution in [2.24, 2.45) is 22.7 Å². The fraction of sp³-hybridized carbons (Fsp3) is 0.432. The summed E-state index contributed by atoms with van der Waals surface area (Å²) in [7, 11) is 0. The number of ketones is 3. The van der Waals surface area contributed by atoms with Crippen LogP contribution >= 0.6 is 0 Å². The number of phenolic OH excluding ortho intramolecular Hbond substituents is 1. The van der Waals surface area contributed by atoms with Crippen LogP contribution in [0.25, 0.3) is 16.9 Å². The molecule has 3 aliphatic carbocycles. The topological polar surface area (TPSA) is 112 Å². The maximum Gasteiger partial charge on any atom is 0.206 e. The van der Waals surface area contributed by atoms with Crippen LogP contribution in [0.15, 0.2) is 47.1 Å². The van der Waals surface area contributed by atoms with E-state index in [1.54, 1.807) is 38.1 Å². The lowest BCUT2D eigenvalue weighted by molar-refractivity contribution is -0.180. The summed E-state index contributed by atoms with van der Waals surface area (Å²) in [6, 6.07) is 9.05. The Bertz CT molecular complexity index is 1710. The first-order valence-corrected chi connectivity index (χ1v) is 14.9. The fourth-order valence-corrected chi connectivity index (χ4v) is 8.82. The van der Waals surface area contributed by atoms with Crippen molar-refractivity contribution >= 4 is 23.1 Å². The van der Waals surface area contributed by atoms with Crippen LogP contribution < -0.4 is 0 Å². The summed E-state index contributed by atoms with van der Waals surface area (Å²) in [6.07, 6.45) is 6.06. The number of Topliss-reactive ketones (excluding diaryl/α,β-unsaturated/α-hetero) is 3. The summed E-state index contributed by atoms with van der Waals surface area (Å²) in [5, 5.41) is 36.0. The van der Waals surface area contributed by atoms with Crippen LogP contribution in [0.1, 0.15) is 90.0 Å². The Hall–Kier alpha value is -3.95. The maximum atomic E-state index is 14.6. The van der Waals surface area contributed by atoms with Gasteiger partial charge in [0.25, 0.3) is 0 Å². The molecular weight excluding hydrogens is 540 g/mol. The Balaban J connectivity index is 1.82. The summed E-state index contributed by atoms with van der Waals surface area (Å²) >= 11 is 0. The van der Waals surface area contributed by atoms with E-state index in [-0.39, 0.29) is 40.7 Å². The van der Waals surface area contributed by atoms with Crippen molar-refractivity contribution in [1.82, 2.24) is 0 Å². The minimum Gasteiger partial charge on any atom is -0.507 e. The average molecular weight is 581 g/mol. The number of carbonyl (C=O) groups is 3. The van der Waals surface area contributed by atoms with Crippen molar-refractivity contribution in [3.05, 3.63) is 69.3 Å². The zero-order valence-electron chi connectivity index (χ0n) is 26.2. The van der Waals surface area contributed by atoms with Gasteiger partial charge in [-0.15, -0.1) is 6.42 Å². The number of allylic oxidation sites excluding steroid dienone is 1. The third-order valence-electron chi connectivity index (χ3n) is 10.3. The maximum absolute atomic E-state index is 14.6. The molecule has 0 bridgehead atoms. The second-order valence-corrected chi connectivity index (χ2v) is 13.9. The predicted molar refractivity (Wildman–Crippen MR) is 166 cm³/mol. The molecule has 0 unspecified atom stereocenters. The number of hydrogen-bond donors (Lipinski definition) is 3. The zero-order chi connectivity index (χ0) is 32.0. The summed E-state index contributed by atoms with van der Waals surface area (Å²) < 4.78 is 0. The van der Waals surface area contributed by atoms with Gasteiger partial charge in [0, 0.05) is 27.5 Å². The Morgan fingerprint density at radius 2 is 1.65 bits per heavy atom. The molecule has 0 saturated heterocycles. The van der Waals surface area contributed by atoms with Gasteiger partial charge in [-0.3, -0.25) is 14.4 Å². The summed E-state index contributed by atoms with van der Waals surface area (Å²) in [5.74, 6) is -0.875. The molecular formula is C37H40O6. The second-order valence-electron chi connectivity index (χ2n) is 13.9. The van der Waals surface area contributed by atoms with Crippen molar-refractivity contribution in [2.45, 2.75) is 79.8 Å². The smallest absolute Gasteiger partial charge is 0.206 e. The van der Waals surface area contributed by atoms with Gasteiger partial charge in [0.2, 0.25) is 11.6 Å². The molecule has 6 nitrogen and oxygen atoms in total. The van der Waals surface area contributed by atoms with Gasteiger partial charge < -0.3 is 15.3 Å². The van der Waals surface area contributed by atoms with Crippen LogP contribution in [0, 0.1) is 35.0 Å². The molecule has 0 spiro atoms. The normalized spacial score (nSPS) is 28.6. The van der Waals surface area contributed by atoms with E-state index < -0.39 is 45.5 Å². The third kappa shape index (κ3) is 3.94. The van der Waals surface area contributed by atoms with Gasteiger partial charge in [0.05, 0.1) is 11.1 Å². The highest BCUT2D eigenvalue weighted by molar-refractivity contribution is 6.33. The highest BCUT2D eigenvalue weighted by Gasteiger charge is 2.72. The van der Waals surface area contributed by atoms with E-state index >= 15 is 0 Å². The fourth-order valence-electron chi connectivity index (χ4n) is 8.82. The predicted octanol–water partition coefficient (Wildman–Crippen LogP) is 6.47. The minimum absolute atomic E-state index is 0.0193. The molecule has 0 radical (unpaired) electrons. The summed E-state index contributed by atoms with van der Waals surface area (Å²) in [5.41, 5.74) is -0.757. The molecule has 4 atom stereocenters. The first kappa shape index (κ1) is 30.5.